The van der Waals surface area contributed by atoms with Gasteiger partial charge in [-0.2, -0.15) is 0 Å². The number of hydrogen-bond donors (Lipinski definition) is 3. The SMILES string of the molecule is Clc1ccc(OCCNC2CCCC2)cc1Cl.O=C(O)C(=O)O. The maximum absolute atomic E-state index is 9.10. The molecule has 0 unspecified atom stereocenters. The Morgan fingerprint density at radius 3 is 2.26 bits per heavy atom. The van der Waals surface area contributed by atoms with E-state index in [0.717, 1.165) is 12.3 Å². The van der Waals surface area contributed by atoms with Crippen LogP contribution in [0.25, 0.3) is 0 Å². The first-order chi connectivity index (χ1) is 10.9. The zero-order chi connectivity index (χ0) is 17.2. The van der Waals surface area contributed by atoms with E-state index in [1.807, 2.05) is 6.07 Å². The minimum absolute atomic E-state index is 0.535. The number of rotatable bonds is 5. The minimum Gasteiger partial charge on any atom is -0.492 e. The van der Waals surface area contributed by atoms with Crippen molar-refractivity contribution in [2.45, 2.75) is 31.7 Å². The Hall–Kier alpha value is -1.50. The van der Waals surface area contributed by atoms with Gasteiger partial charge in [-0.1, -0.05) is 36.0 Å². The second-order valence-corrected chi connectivity index (χ2v) is 5.78. The molecule has 8 heteroatoms. The van der Waals surface area contributed by atoms with Crippen molar-refractivity contribution in [3.05, 3.63) is 28.2 Å². The van der Waals surface area contributed by atoms with E-state index in [-0.39, 0.29) is 0 Å². The highest BCUT2D eigenvalue weighted by Gasteiger charge is 2.13. The summed E-state index contributed by atoms with van der Waals surface area (Å²) in [5.74, 6) is -2.88. The maximum atomic E-state index is 9.10. The van der Waals surface area contributed by atoms with E-state index in [9.17, 15) is 0 Å². The zero-order valence-corrected chi connectivity index (χ0v) is 13.9. The van der Waals surface area contributed by atoms with Crippen LogP contribution in [0.4, 0.5) is 0 Å². The van der Waals surface area contributed by atoms with Gasteiger partial charge >= 0.3 is 11.9 Å². The van der Waals surface area contributed by atoms with Gasteiger partial charge in [0.15, 0.2) is 0 Å². The quantitative estimate of drug-likeness (QED) is 0.549. The summed E-state index contributed by atoms with van der Waals surface area (Å²) in [6, 6.07) is 6.03. The first-order valence-corrected chi connectivity index (χ1v) is 7.93. The molecule has 6 nitrogen and oxygen atoms in total. The van der Waals surface area contributed by atoms with Crippen molar-refractivity contribution in [3.8, 4) is 5.75 Å². The third-order valence-corrected chi connectivity index (χ3v) is 3.97. The van der Waals surface area contributed by atoms with Gasteiger partial charge in [0.2, 0.25) is 0 Å². The van der Waals surface area contributed by atoms with Gasteiger partial charge in [-0.15, -0.1) is 0 Å². The molecular formula is C15H19Cl2NO5. The Labute approximate surface area is 144 Å². The second-order valence-electron chi connectivity index (χ2n) is 4.97. The average molecular weight is 364 g/mol. The van der Waals surface area contributed by atoms with Gasteiger partial charge in [-0.25, -0.2) is 9.59 Å². The molecule has 0 amide bonds. The Balaban J connectivity index is 0.000000379. The molecule has 1 aliphatic rings. The van der Waals surface area contributed by atoms with Crippen molar-refractivity contribution in [2.75, 3.05) is 13.2 Å². The monoisotopic (exact) mass is 363 g/mol. The first kappa shape index (κ1) is 19.5. The third kappa shape index (κ3) is 8.06. The van der Waals surface area contributed by atoms with E-state index < -0.39 is 11.9 Å². The molecule has 0 atom stereocenters. The smallest absolute Gasteiger partial charge is 0.414 e. The number of carbonyl (C=O) groups is 2. The summed E-state index contributed by atoms with van der Waals surface area (Å²) in [7, 11) is 0. The van der Waals surface area contributed by atoms with Crippen LogP contribution in [0.3, 0.4) is 0 Å². The number of hydrogen-bond acceptors (Lipinski definition) is 4. The molecule has 1 fully saturated rings. The maximum Gasteiger partial charge on any atom is 0.414 e. The fourth-order valence-corrected chi connectivity index (χ4v) is 2.42. The fraction of sp³-hybridized carbons (Fsp3) is 0.467. The van der Waals surface area contributed by atoms with Crippen molar-refractivity contribution >= 4 is 35.1 Å². The van der Waals surface area contributed by atoms with Crippen LogP contribution < -0.4 is 10.1 Å². The zero-order valence-electron chi connectivity index (χ0n) is 12.4. The molecule has 1 saturated carbocycles. The number of halogens is 2. The number of benzene rings is 1. The summed E-state index contributed by atoms with van der Waals surface area (Å²) < 4.78 is 5.60. The number of carboxylic acid groups (broad SMARTS) is 2. The van der Waals surface area contributed by atoms with Crippen LogP contribution in [0.2, 0.25) is 10.0 Å². The molecule has 1 aromatic carbocycles. The number of aliphatic carboxylic acids is 2. The molecule has 0 aromatic heterocycles. The van der Waals surface area contributed by atoms with Gasteiger partial charge in [-0.3, -0.25) is 0 Å². The van der Waals surface area contributed by atoms with Crippen LogP contribution in [0.15, 0.2) is 18.2 Å². The van der Waals surface area contributed by atoms with Crippen molar-refractivity contribution in [3.63, 3.8) is 0 Å². The standard InChI is InChI=1S/C13H17Cl2NO.C2H2O4/c14-12-6-5-11(9-13(12)15)17-8-7-16-10-3-1-2-4-10;3-1(4)2(5)6/h5-6,9-10,16H,1-4,7-8H2;(H,3,4)(H,5,6). The van der Waals surface area contributed by atoms with Crippen LogP contribution in [0.5, 0.6) is 5.75 Å². The van der Waals surface area contributed by atoms with Crippen LogP contribution in [0, 0.1) is 0 Å². The molecule has 0 heterocycles. The molecule has 0 saturated heterocycles. The second kappa shape index (κ2) is 10.3. The molecule has 0 radical (unpaired) electrons. The Bertz CT molecular complexity index is 521. The van der Waals surface area contributed by atoms with Crippen molar-refractivity contribution < 1.29 is 24.5 Å². The highest BCUT2D eigenvalue weighted by atomic mass is 35.5. The first-order valence-electron chi connectivity index (χ1n) is 7.17. The lowest BCUT2D eigenvalue weighted by molar-refractivity contribution is -0.159. The Kier molecular flexibility index (Phi) is 8.76. The summed E-state index contributed by atoms with van der Waals surface area (Å²) in [5.41, 5.74) is 0. The summed E-state index contributed by atoms with van der Waals surface area (Å²) in [5, 5.41) is 19.4. The predicted octanol–water partition coefficient (Wildman–Crippen LogP) is 3.06. The van der Waals surface area contributed by atoms with E-state index >= 15 is 0 Å². The predicted molar refractivity (Wildman–Crippen MR) is 87.5 cm³/mol. The van der Waals surface area contributed by atoms with Crippen LogP contribution >= 0.6 is 23.2 Å². The van der Waals surface area contributed by atoms with Crippen LogP contribution in [0.1, 0.15) is 25.7 Å². The average Bonchev–Trinajstić information content (AvgIpc) is 3.01. The molecule has 0 spiro atoms. The largest absolute Gasteiger partial charge is 0.492 e. The number of ether oxygens (including phenoxy) is 1. The molecule has 1 aromatic rings. The minimum atomic E-state index is -1.82. The molecule has 1 aliphatic carbocycles. The summed E-state index contributed by atoms with van der Waals surface area (Å²) in [4.78, 5) is 18.2. The van der Waals surface area contributed by atoms with Crippen LogP contribution in [-0.2, 0) is 9.59 Å². The van der Waals surface area contributed by atoms with Gasteiger partial charge in [-0.05, 0) is 25.0 Å². The topological polar surface area (TPSA) is 95.9 Å². The van der Waals surface area contributed by atoms with E-state index in [1.54, 1.807) is 12.1 Å². The lowest BCUT2D eigenvalue weighted by atomic mass is 10.2. The lowest BCUT2D eigenvalue weighted by Crippen LogP contribution is -2.30. The van der Waals surface area contributed by atoms with Gasteiger partial charge in [0, 0.05) is 18.7 Å². The Morgan fingerprint density at radius 2 is 1.74 bits per heavy atom. The highest BCUT2D eigenvalue weighted by Crippen LogP contribution is 2.26. The highest BCUT2D eigenvalue weighted by molar-refractivity contribution is 6.42. The van der Waals surface area contributed by atoms with E-state index in [2.05, 4.69) is 5.32 Å². The molecule has 0 bridgehead atoms. The van der Waals surface area contributed by atoms with Crippen molar-refractivity contribution in [2.24, 2.45) is 0 Å². The van der Waals surface area contributed by atoms with Crippen molar-refractivity contribution in [1.82, 2.24) is 5.32 Å². The Morgan fingerprint density at radius 1 is 1.13 bits per heavy atom. The summed E-state index contributed by atoms with van der Waals surface area (Å²) >= 11 is 11.7. The van der Waals surface area contributed by atoms with Crippen molar-refractivity contribution in [1.29, 1.82) is 0 Å². The molecule has 0 aliphatic heterocycles. The number of nitrogens with one attached hydrogen (secondary N) is 1. The van der Waals surface area contributed by atoms with E-state index in [4.69, 9.17) is 47.7 Å². The van der Waals surface area contributed by atoms with E-state index in [1.165, 1.54) is 25.7 Å². The van der Waals surface area contributed by atoms with Gasteiger partial charge in [0.05, 0.1) is 10.0 Å². The molecule has 128 valence electrons. The third-order valence-electron chi connectivity index (χ3n) is 3.23. The molecule has 3 N–H and O–H groups in total. The number of carboxylic acids is 2. The van der Waals surface area contributed by atoms with E-state index in [0.29, 0.717) is 22.7 Å². The summed E-state index contributed by atoms with van der Waals surface area (Å²) in [6.07, 6.45) is 5.30. The molecular weight excluding hydrogens is 345 g/mol. The fourth-order valence-electron chi connectivity index (χ4n) is 2.13. The molecule has 2 rings (SSSR count). The lowest BCUT2D eigenvalue weighted by Gasteiger charge is -2.12. The van der Waals surface area contributed by atoms with Crippen LogP contribution in [-0.4, -0.2) is 41.3 Å². The normalized spacial score (nSPS) is 14.0. The van der Waals surface area contributed by atoms with Gasteiger partial charge in [0.1, 0.15) is 12.4 Å². The molecule has 23 heavy (non-hydrogen) atoms. The van der Waals surface area contributed by atoms with Gasteiger partial charge < -0.3 is 20.3 Å². The van der Waals surface area contributed by atoms with Gasteiger partial charge in [0.25, 0.3) is 0 Å². The summed E-state index contributed by atoms with van der Waals surface area (Å²) in [6.45, 7) is 1.54.